The van der Waals surface area contributed by atoms with Crippen molar-refractivity contribution in [1.29, 1.82) is 0 Å². The van der Waals surface area contributed by atoms with Crippen molar-refractivity contribution < 1.29 is 0 Å². The second-order valence-electron chi connectivity index (χ2n) is 6.31. The van der Waals surface area contributed by atoms with Gasteiger partial charge in [-0.25, -0.2) is 0 Å². The van der Waals surface area contributed by atoms with Crippen molar-refractivity contribution in [3.05, 3.63) is 34.4 Å². The highest BCUT2D eigenvalue weighted by Crippen LogP contribution is 2.15. The molecule has 0 heterocycles. The predicted octanol–water partition coefficient (Wildman–Crippen LogP) is 4.21. The summed E-state index contributed by atoms with van der Waals surface area (Å²) < 4.78 is 0. The summed E-state index contributed by atoms with van der Waals surface area (Å²) in [4.78, 5) is 2.50. The number of rotatable bonds is 9. The minimum absolute atomic E-state index is 0.585. The molecule has 0 amide bonds. The van der Waals surface area contributed by atoms with Gasteiger partial charge in [0, 0.05) is 12.6 Å². The molecule has 120 valence electrons. The molecule has 0 saturated heterocycles. The number of hydrogen-bond donors (Lipinski definition) is 1. The highest BCUT2D eigenvalue weighted by Gasteiger charge is 2.06. The average Bonchev–Trinajstić information content (AvgIpc) is 2.46. The quantitative estimate of drug-likeness (QED) is 0.733. The van der Waals surface area contributed by atoms with Gasteiger partial charge >= 0.3 is 0 Å². The minimum Gasteiger partial charge on any atom is -0.310 e. The van der Waals surface area contributed by atoms with Crippen LogP contribution >= 0.6 is 0 Å². The molecule has 2 nitrogen and oxygen atoms in total. The minimum atomic E-state index is 0.585. The van der Waals surface area contributed by atoms with Crippen molar-refractivity contribution in [3.63, 3.8) is 0 Å². The summed E-state index contributed by atoms with van der Waals surface area (Å²) in [6, 6.07) is 5.22. The molecule has 1 N–H and O–H groups in total. The van der Waals surface area contributed by atoms with Gasteiger partial charge in [0.15, 0.2) is 0 Å². The molecular weight excluding hydrogens is 256 g/mol. The van der Waals surface area contributed by atoms with Crippen LogP contribution in [0.3, 0.4) is 0 Å². The molecule has 1 unspecified atom stereocenters. The molecule has 0 bridgehead atoms. The largest absolute Gasteiger partial charge is 0.310 e. The van der Waals surface area contributed by atoms with Gasteiger partial charge in [0.1, 0.15) is 0 Å². The van der Waals surface area contributed by atoms with E-state index in [9.17, 15) is 0 Å². The van der Waals surface area contributed by atoms with Gasteiger partial charge in [0.25, 0.3) is 0 Å². The molecule has 0 aliphatic rings. The van der Waals surface area contributed by atoms with Crippen LogP contribution in [0.2, 0.25) is 0 Å². The predicted molar refractivity (Wildman–Crippen MR) is 94.0 cm³/mol. The van der Waals surface area contributed by atoms with Crippen LogP contribution in [-0.2, 0) is 6.54 Å². The monoisotopic (exact) mass is 290 g/mol. The van der Waals surface area contributed by atoms with Gasteiger partial charge in [-0.05, 0) is 82.4 Å². The summed E-state index contributed by atoms with van der Waals surface area (Å²) in [6.45, 7) is 17.9. The van der Waals surface area contributed by atoms with Gasteiger partial charge < -0.3 is 10.2 Å². The Morgan fingerprint density at radius 2 is 1.62 bits per heavy atom. The van der Waals surface area contributed by atoms with Gasteiger partial charge in [0.2, 0.25) is 0 Å². The topological polar surface area (TPSA) is 15.3 Å². The van der Waals surface area contributed by atoms with E-state index in [4.69, 9.17) is 0 Å². The van der Waals surface area contributed by atoms with Crippen molar-refractivity contribution in [3.8, 4) is 0 Å². The van der Waals surface area contributed by atoms with E-state index in [2.05, 4.69) is 63.9 Å². The van der Waals surface area contributed by atoms with Crippen molar-refractivity contribution in [1.82, 2.24) is 10.2 Å². The molecule has 1 rings (SSSR count). The molecule has 1 atom stereocenters. The average molecular weight is 290 g/mol. The van der Waals surface area contributed by atoms with Crippen LogP contribution in [0.1, 0.15) is 55.9 Å². The second kappa shape index (κ2) is 9.22. The number of aryl methyl sites for hydroxylation is 3. The van der Waals surface area contributed by atoms with Gasteiger partial charge in [-0.3, -0.25) is 0 Å². The lowest BCUT2D eigenvalue weighted by atomic mass is 10.0. The molecule has 0 radical (unpaired) electrons. The Morgan fingerprint density at radius 3 is 2.24 bits per heavy atom. The zero-order valence-electron chi connectivity index (χ0n) is 14.9. The van der Waals surface area contributed by atoms with Gasteiger partial charge in [-0.2, -0.15) is 0 Å². The third-order valence-corrected chi connectivity index (χ3v) is 4.60. The molecule has 0 saturated carbocycles. The van der Waals surface area contributed by atoms with Crippen LogP contribution in [-0.4, -0.2) is 30.6 Å². The summed E-state index contributed by atoms with van der Waals surface area (Å²) in [5.74, 6) is 0. The van der Waals surface area contributed by atoms with Gasteiger partial charge in [-0.1, -0.05) is 26.0 Å². The summed E-state index contributed by atoms with van der Waals surface area (Å²) in [5.41, 5.74) is 5.63. The molecule has 2 heteroatoms. The lowest BCUT2D eigenvalue weighted by molar-refractivity contribution is 0.290. The zero-order chi connectivity index (χ0) is 15.8. The highest BCUT2D eigenvalue weighted by molar-refractivity contribution is 5.36. The van der Waals surface area contributed by atoms with E-state index in [0.29, 0.717) is 6.04 Å². The van der Waals surface area contributed by atoms with E-state index in [1.165, 1.54) is 54.7 Å². The number of nitrogens with one attached hydrogen (secondary N) is 1. The maximum Gasteiger partial charge on any atom is 0.0210 e. The molecule has 0 aliphatic carbocycles. The molecule has 0 fully saturated rings. The molecule has 0 spiro atoms. The third-order valence-electron chi connectivity index (χ3n) is 4.60. The standard InChI is InChI=1S/C19H34N2/c1-7-21(8-2)11-9-10-18(6)20-14-19-13-16(4)15(3)12-17(19)5/h12-13,18,20H,7-11,14H2,1-6H3. The van der Waals surface area contributed by atoms with Crippen LogP contribution in [0.15, 0.2) is 12.1 Å². The first kappa shape index (κ1) is 18.2. The summed E-state index contributed by atoms with van der Waals surface area (Å²) in [7, 11) is 0. The highest BCUT2D eigenvalue weighted by atomic mass is 15.1. The lowest BCUT2D eigenvalue weighted by Gasteiger charge is -2.20. The molecule has 0 aliphatic heterocycles. The van der Waals surface area contributed by atoms with E-state index in [1.807, 2.05) is 0 Å². The normalized spacial score (nSPS) is 12.9. The van der Waals surface area contributed by atoms with Crippen LogP contribution in [0.4, 0.5) is 0 Å². The molecular formula is C19H34N2. The second-order valence-corrected chi connectivity index (χ2v) is 6.31. The van der Waals surface area contributed by atoms with E-state index in [-0.39, 0.29) is 0 Å². The molecule has 21 heavy (non-hydrogen) atoms. The van der Waals surface area contributed by atoms with Crippen molar-refractivity contribution >= 4 is 0 Å². The summed E-state index contributed by atoms with van der Waals surface area (Å²) in [6.07, 6.45) is 2.53. The Balaban J connectivity index is 2.36. The number of hydrogen-bond acceptors (Lipinski definition) is 2. The Labute approximate surface area is 131 Å². The van der Waals surface area contributed by atoms with Crippen LogP contribution < -0.4 is 5.32 Å². The van der Waals surface area contributed by atoms with Crippen LogP contribution in [0.5, 0.6) is 0 Å². The van der Waals surface area contributed by atoms with E-state index < -0.39 is 0 Å². The fourth-order valence-corrected chi connectivity index (χ4v) is 2.76. The molecule has 1 aromatic rings. The molecule has 1 aromatic carbocycles. The van der Waals surface area contributed by atoms with Gasteiger partial charge in [0.05, 0.1) is 0 Å². The first-order chi connectivity index (χ1) is 9.97. The third kappa shape index (κ3) is 6.19. The smallest absolute Gasteiger partial charge is 0.0210 e. The number of nitrogens with zero attached hydrogens (tertiary/aromatic N) is 1. The Morgan fingerprint density at radius 1 is 1.00 bits per heavy atom. The number of benzene rings is 1. The van der Waals surface area contributed by atoms with Crippen LogP contribution in [0, 0.1) is 20.8 Å². The van der Waals surface area contributed by atoms with Crippen molar-refractivity contribution in [2.75, 3.05) is 19.6 Å². The Bertz CT molecular complexity index is 422. The fourth-order valence-electron chi connectivity index (χ4n) is 2.76. The summed E-state index contributed by atoms with van der Waals surface area (Å²) >= 11 is 0. The first-order valence-corrected chi connectivity index (χ1v) is 8.50. The molecule has 0 aromatic heterocycles. The zero-order valence-corrected chi connectivity index (χ0v) is 14.9. The van der Waals surface area contributed by atoms with E-state index >= 15 is 0 Å². The lowest BCUT2D eigenvalue weighted by Crippen LogP contribution is -2.29. The van der Waals surface area contributed by atoms with Crippen molar-refractivity contribution in [2.24, 2.45) is 0 Å². The van der Waals surface area contributed by atoms with Crippen LogP contribution in [0.25, 0.3) is 0 Å². The first-order valence-electron chi connectivity index (χ1n) is 8.50. The van der Waals surface area contributed by atoms with Gasteiger partial charge in [-0.15, -0.1) is 0 Å². The fraction of sp³-hybridized carbons (Fsp3) is 0.684. The Kier molecular flexibility index (Phi) is 7.98. The van der Waals surface area contributed by atoms with Crippen molar-refractivity contribution in [2.45, 2.75) is 67.0 Å². The summed E-state index contributed by atoms with van der Waals surface area (Å²) in [5, 5.41) is 3.68. The SMILES string of the molecule is CCN(CC)CCCC(C)NCc1cc(C)c(C)cc1C. The maximum atomic E-state index is 3.68. The Hall–Kier alpha value is -0.860. The van der Waals surface area contributed by atoms with E-state index in [0.717, 1.165) is 6.54 Å². The maximum absolute atomic E-state index is 3.68. The van der Waals surface area contributed by atoms with E-state index in [1.54, 1.807) is 0 Å².